The van der Waals surface area contributed by atoms with E-state index in [1.54, 1.807) is 0 Å². The summed E-state index contributed by atoms with van der Waals surface area (Å²) in [6.45, 7) is 6.21. The largest absolute Gasteiger partial charge is 0.518 e. The van der Waals surface area contributed by atoms with Gasteiger partial charge in [-0.25, -0.2) is 0 Å². The smallest absolute Gasteiger partial charge is 0.376 e. The van der Waals surface area contributed by atoms with Gasteiger partial charge in [-0.1, -0.05) is 20.8 Å². The van der Waals surface area contributed by atoms with Crippen LogP contribution in [0.3, 0.4) is 0 Å². The lowest BCUT2D eigenvalue weighted by molar-refractivity contribution is -0.0320. The second-order valence-corrected chi connectivity index (χ2v) is 8.25. The Morgan fingerprint density at radius 3 is 1.60 bits per heavy atom. The van der Waals surface area contributed by atoms with Crippen LogP contribution in [0.2, 0.25) is 0 Å². The number of hydrogen-bond acceptors (Lipinski definition) is 7. The first-order valence-electron chi connectivity index (χ1n) is 7.06. The minimum atomic E-state index is -3.12. The quantitative estimate of drug-likeness (QED) is 0.329. The highest BCUT2D eigenvalue weighted by Gasteiger charge is 2.52. The first-order valence-corrected chi connectivity index (χ1v) is 8.87. The normalized spacial score (nSPS) is 15.4. The van der Waals surface area contributed by atoms with E-state index < -0.39 is 20.3 Å². The fraction of sp³-hybridized carbons (Fsp3) is 1.00. The van der Waals surface area contributed by atoms with E-state index in [2.05, 4.69) is 20.8 Å². The van der Waals surface area contributed by atoms with Crippen LogP contribution in [-0.4, -0.2) is 40.1 Å². The molecule has 0 saturated heterocycles. The molecule has 0 aliphatic heterocycles. The molecule has 0 spiro atoms. The van der Waals surface area contributed by atoms with Gasteiger partial charge in [0, 0.05) is 20.6 Å². The topological polar surface area (TPSA) is 132 Å². The summed E-state index contributed by atoms with van der Waals surface area (Å²) in [6, 6.07) is 0. The zero-order valence-electron chi connectivity index (χ0n) is 13.4. The van der Waals surface area contributed by atoms with Crippen molar-refractivity contribution in [2.45, 2.75) is 63.5 Å². The van der Waals surface area contributed by atoms with E-state index in [9.17, 15) is 0 Å². The molecule has 1 unspecified atom stereocenters. The average Bonchev–Trinajstić information content (AvgIpc) is 2.40. The van der Waals surface area contributed by atoms with Crippen molar-refractivity contribution < 1.29 is 13.3 Å². The van der Waals surface area contributed by atoms with Crippen molar-refractivity contribution in [2.24, 2.45) is 22.9 Å². The van der Waals surface area contributed by atoms with Crippen LogP contribution in [0.1, 0.15) is 46.5 Å². The molecule has 7 nitrogen and oxygen atoms in total. The SMILES string of the molecule is CCC(CC)(CC)O[Si](OC)(OC)C(N)CC(N)(N)N. The molecule has 0 amide bonds. The van der Waals surface area contributed by atoms with Gasteiger partial charge in [-0.3, -0.25) is 0 Å². The summed E-state index contributed by atoms with van der Waals surface area (Å²) >= 11 is 0. The second kappa shape index (κ2) is 7.81. The Hall–Kier alpha value is -0.0631. The maximum Gasteiger partial charge on any atom is 0.518 e. The Bertz CT molecular complexity index is 270. The number of hydrogen-bond donors (Lipinski definition) is 4. The average molecular weight is 308 g/mol. The van der Waals surface area contributed by atoms with E-state index in [1.807, 2.05) is 0 Å². The van der Waals surface area contributed by atoms with Gasteiger partial charge in [0.1, 0.15) is 5.79 Å². The van der Waals surface area contributed by atoms with Crippen LogP contribution in [-0.2, 0) is 13.3 Å². The summed E-state index contributed by atoms with van der Waals surface area (Å²) in [5, 5.41) is 0. The molecule has 0 radical (unpaired) electrons. The third kappa shape index (κ3) is 5.04. The molecule has 122 valence electrons. The molecule has 0 aliphatic carbocycles. The Kier molecular flexibility index (Phi) is 7.78. The first kappa shape index (κ1) is 19.9. The molecule has 0 fully saturated rings. The molecule has 0 heterocycles. The Morgan fingerprint density at radius 1 is 0.950 bits per heavy atom. The van der Waals surface area contributed by atoms with E-state index >= 15 is 0 Å². The van der Waals surface area contributed by atoms with Crippen molar-refractivity contribution >= 4 is 8.80 Å². The third-order valence-electron chi connectivity index (χ3n) is 3.89. The lowest BCUT2D eigenvalue weighted by atomic mass is 9.95. The number of nitrogens with two attached hydrogens (primary N) is 4. The molecule has 8 N–H and O–H groups in total. The fourth-order valence-electron chi connectivity index (χ4n) is 2.32. The summed E-state index contributed by atoms with van der Waals surface area (Å²) < 4.78 is 17.4. The van der Waals surface area contributed by atoms with E-state index in [0.29, 0.717) is 0 Å². The number of rotatable bonds is 10. The predicted molar refractivity (Wildman–Crippen MR) is 82.3 cm³/mol. The molecular weight excluding hydrogens is 276 g/mol. The summed E-state index contributed by atoms with van der Waals surface area (Å²) in [7, 11) is -0.0486. The minimum Gasteiger partial charge on any atom is -0.376 e. The van der Waals surface area contributed by atoms with Crippen LogP contribution >= 0.6 is 0 Å². The Labute approximate surface area is 123 Å². The molecule has 0 saturated carbocycles. The summed E-state index contributed by atoms with van der Waals surface area (Å²) in [5.41, 5.74) is 22.2. The highest BCUT2D eigenvalue weighted by molar-refractivity contribution is 6.62. The molecular formula is C12H32N4O3Si. The van der Waals surface area contributed by atoms with Gasteiger partial charge >= 0.3 is 8.80 Å². The van der Waals surface area contributed by atoms with Gasteiger partial charge < -0.3 is 36.2 Å². The van der Waals surface area contributed by atoms with Crippen molar-refractivity contribution in [1.29, 1.82) is 0 Å². The zero-order valence-corrected chi connectivity index (χ0v) is 14.4. The van der Waals surface area contributed by atoms with Crippen LogP contribution in [0.5, 0.6) is 0 Å². The maximum atomic E-state index is 6.28. The van der Waals surface area contributed by atoms with Gasteiger partial charge in [0.05, 0.1) is 11.3 Å². The molecule has 0 aliphatic rings. The molecule has 1 atom stereocenters. The zero-order chi connectivity index (χ0) is 16.0. The van der Waals surface area contributed by atoms with Gasteiger partial charge in [-0.05, 0) is 19.3 Å². The van der Waals surface area contributed by atoms with Crippen LogP contribution in [0.4, 0.5) is 0 Å². The molecule has 0 aromatic rings. The molecule has 20 heavy (non-hydrogen) atoms. The lowest BCUT2D eigenvalue weighted by Crippen LogP contribution is -2.69. The van der Waals surface area contributed by atoms with Crippen molar-refractivity contribution in [1.82, 2.24) is 0 Å². The molecule has 8 heteroatoms. The van der Waals surface area contributed by atoms with Crippen molar-refractivity contribution in [3.63, 3.8) is 0 Å². The predicted octanol–water partition coefficient (Wildman–Crippen LogP) is -0.01000. The van der Waals surface area contributed by atoms with Crippen molar-refractivity contribution in [3.8, 4) is 0 Å². The van der Waals surface area contributed by atoms with Crippen LogP contribution in [0.25, 0.3) is 0 Å². The summed E-state index contributed by atoms with van der Waals surface area (Å²) in [6.07, 6.45) is 2.67. The molecule has 0 bridgehead atoms. The van der Waals surface area contributed by atoms with E-state index in [4.69, 9.17) is 36.2 Å². The minimum absolute atomic E-state index is 0.147. The van der Waals surface area contributed by atoms with Gasteiger partial charge in [0.15, 0.2) is 0 Å². The van der Waals surface area contributed by atoms with Crippen LogP contribution in [0.15, 0.2) is 0 Å². The van der Waals surface area contributed by atoms with Crippen LogP contribution < -0.4 is 22.9 Å². The molecule has 0 rings (SSSR count). The second-order valence-electron chi connectivity index (χ2n) is 5.28. The van der Waals surface area contributed by atoms with Gasteiger partial charge in [-0.2, -0.15) is 0 Å². The van der Waals surface area contributed by atoms with Gasteiger partial charge in [-0.15, -0.1) is 0 Å². The fourth-order valence-corrected chi connectivity index (χ4v) is 5.05. The van der Waals surface area contributed by atoms with E-state index in [-0.39, 0.29) is 12.0 Å². The maximum absolute atomic E-state index is 6.28. The van der Waals surface area contributed by atoms with Gasteiger partial charge in [0.25, 0.3) is 0 Å². The van der Waals surface area contributed by atoms with Gasteiger partial charge in [0.2, 0.25) is 0 Å². The standard InChI is InChI=1S/C12H32N4O3Si/c1-6-11(7-2,8-3)19-20(17-4,18-5)10(13)9-12(14,15)16/h10H,6-9,13-16H2,1-5H3. The first-order chi connectivity index (χ1) is 9.14. The van der Waals surface area contributed by atoms with Crippen molar-refractivity contribution in [2.75, 3.05) is 14.2 Å². The Balaban J connectivity index is 5.28. The third-order valence-corrected chi connectivity index (χ3v) is 6.86. The lowest BCUT2D eigenvalue weighted by Gasteiger charge is -2.42. The highest BCUT2D eigenvalue weighted by atomic mass is 28.4. The summed E-state index contributed by atoms with van der Waals surface area (Å²) in [4.78, 5) is 0. The van der Waals surface area contributed by atoms with Crippen molar-refractivity contribution in [3.05, 3.63) is 0 Å². The molecule has 0 aromatic carbocycles. The summed E-state index contributed by atoms with van der Waals surface area (Å²) in [5.74, 6) is -1.38. The molecule has 0 aromatic heterocycles. The highest BCUT2D eigenvalue weighted by Crippen LogP contribution is 2.31. The monoisotopic (exact) mass is 308 g/mol. The van der Waals surface area contributed by atoms with E-state index in [1.165, 1.54) is 14.2 Å². The van der Waals surface area contributed by atoms with E-state index in [0.717, 1.165) is 19.3 Å². The van der Waals surface area contributed by atoms with Crippen LogP contribution in [0, 0.1) is 0 Å². The Morgan fingerprint density at radius 2 is 1.35 bits per heavy atom.